The number of aryl methyl sites for hydroxylation is 1. The number of benzene rings is 2. The van der Waals surface area contributed by atoms with E-state index in [1.807, 2.05) is 43.3 Å². The molecule has 1 N–H and O–H groups in total. The average molecular weight is 290 g/mol. The van der Waals surface area contributed by atoms with E-state index in [4.69, 9.17) is 9.68 Å². The summed E-state index contributed by atoms with van der Waals surface area (Å²) in [5.41, 5.74) is 3.12. The van der Waals surface area contributed by atoms with Gasteiger partial charge in [0.1, 0.15) is 5.58 Å². The number of rotatable bonds is 3. The predicted molar refractivity (Wildman–Crippen MR) is 84.7 cm³/mol. The smallest absolute Gasteiger partial charge is 0.291 e. The number of nitrogens with zero attached hydrogens (tertiary/aromatic N) is 1. The molecule has 1 aromatic heterocycles. The van der Waals surface area contributed by atoms with Crippen molar-refractivity contribution in [2.75, 3.05) is 5.32 Å². The van der Waals surface area contributed by atoms with Gasteiger partial charge in [-0.3, -0.25) is 4.79 Å². The normalized spacial score (nSPS) is 10.4. The van der Waals surface area contributed by atoms with Gasteiger partial charge in [0, 0.05) is 16.6 Å². The number of carbonyl (C=O) groups is 1. The predicted octanol–water partition coefficient (Wildman–Crippen LogP) is 4.06. The van der Waals surface area contributed by atoms with Gasteiger partial charge in [-0.1, -0.05) is 30.3 Å². The van der Waals surface area contributed by atoms with Crippen molar-refractivity contribution in [1.82, 2.24) is 0 Å². The third kappa shape index (κ3) is 2.57. The van der Waals surface area contributed by atoms with Gasteiger partial charge in [-0.2, -0.15) is 5.26 Å². The van der Waals surface area contributed by atoms with Gasteiger partial charge < -0.3 is 9.73 Å². The van der Waals surface area contributed by atoms with Gasteiger partial charge in [0.05, 0.1) is 12.5 Å². The molecule has 22 heavy (non-hydrogen) atoms. The largest absolute Gasteiger partial charge is 0.451 e. The first kappa shape index (κ1) is 13.9. The Morgan fingerprint density at radius 1 is 1.18 bits per heavy atom. The van der Waals surface area contributed by atoms with E-state index in [1.165, 1.54) is 0 Å². The van der Waals surface area contributed by atoms with E-state index in [0.29, 0.717) is 23.5 Å². The van der Waals surface area contributed by atoms with Crippen LogP contribution in [0.5, 0.6) is 0 Å². The lowest BCUT2D eigenvalue weighted by molar-refractivity contribution is 0.0998. The molecule has 0 aliphatic heterocycles. The molecular formula is C18H14N2O2. The van der Waals surface area contributed by atoms with Crippen molar-refractivity contribution in [3.05, 3.63) is 65.4 Å². The molecule has 0 radical (unpaired) electrons. The van der Waals surface area contributed by atoms with Gasteiger partial charge in [0.25, 0.3) is 5.91 Å². The minimum atomic E-state index is -0.276. The summed E-state index contributed by atoms with van der Waals surface area (Å²) in [4.78, 5) is 12.4. The molecule has 0 spiro atoms. The van der Waals surface area contributed by atoms with Gasteiger partial charge >= 0.3 is 0 Å². The molecule has 2 aromatic carbocycles. The number of hydrogen-bond donors (Lipinski definition) is 1. The van der Waals surface area contributed by atoms with Crippen LogP contribution in [0.3, 0.4) is 0 Å². The fraction of sp³-hybridized carbons (Fsp3) is 0.111. The van der Waals surface area contributed by atoms with Crippen molar-refractivity contribution >= 4 is 22.6 Å². The highest BCUT2D eigenvalue weighted by Crippen LogP contribution is 2.25. The summed E-state index contributed by atoms with van der Waals surface area (Å²) in [5, 5.41) is 12.4. The summed E-state index contributed by atoms with van der Waals surface area (Å²) in [6, 6.07) is 16.9. The van der Waals surface area contributed by atoms with E-state index >= 15 is 0 Å². The Kier molecular flexibility index (Phi) is 3.63. The Labute approximate surface area is 128 Å². The molecule has 0 unspecified atom stereocenters. The molecule has 4 heteroatoms. The summed E-state index contributed by atoms with van der Waals surface area (Å²) in [7, 11) is 0. The van der Waals surface area contributed by atoms with Crippen LogP contribution in [0.1, 0.15) is 21.7 Å². The molecule has 0 aliphatic carbocycles. The number of hydrogen-bond acceptors (Lipinski definition) is 3. The molecule has 3 rings (SSSR count). The van der Waals surface area contributed by atoms with Gasteiger partial charge in [0.15, 0.2) is 5.76 Å². The number of nitriles is 1. The molecule has 0 fully saturated rings. The lowest BCUT2D eigenvalue weighted by Crippen LogP contribution is -2.12. The maximum Gasteiger partial charge on any atom is 0.291 e. The zero-order chi connectivity index (χ0) is 15.5. The molecule has 3 aromatic rings. The molecule has 0 atom stereocenters. The summed E-state index contributed by atoms with van der Waals surface area (Å²) < 4.78 is 5.64. The van der Waals surface area contributed by atoms with Crippen molar-refractivity contribution < 1.29 is 9.21 Å². The maximum atomic E-state index is 12.4. The number of carbonyl (C=O) groups excluding carboxylic acids is 1. The molecule has 0 bridgehead atoms. The molecule has 1 heterocycles. The fourth-order valence-electron chi connectivity index (χ4n) is 2.38. The minimum Gasteiger partial charge on any atom is -0.451 e. The Balaban J connectivity index is 1.84. The van der Waals surface area contributed by atoms with E-state index in [2.05, 4.69) is 11.4 Å². The minimum absolute atomic E-state index is 0.276. The second-order valence-electron chi connectivity index (χ2n) is 5.04. The van der Waals surface area contributed by atoms with Crippen molar-refractivity contribution in [1.29, 1.82) is 5.26 Å². The zero-order valence-electron chi connectivity index (χ0n) is 12.1. The number of amides is 1. The fourth-order valence-corrected chi connectivity index (χ4v) is 2.38. The van der Waals surface area contributed by atoms with E-state index in [9.17, 15) is 4.79 Å². The molecular weight excluding hydrogens is 276 g/mol. The van der Waals surface area contributed by atoms with Gasteiger partial charge in [-0.15, -0.1) is 0 Å². The van der Waals surface area contributed by atoms with Crippen LogP contribution in [0, 0.1) is 18.3 Å². The van der Waals surface area contributed by atoms with Crippen LogP contribution in [0.15, 0.2) is 52.9 Å². The number of para-hydroxylation sites is 1. The van der Waals surface area contributed by atoms with Crippen molar-refractivity contribution in [2.24, 2.45) is 0 Å². The lowest BCUT2D eigenvalue weighted by Gasteiger charge is -2.04. The van der Waals surface area contributed by atoms with Gasteiger partial charge in [-0.05, 0) is 30.7 Å². The first-order valence-electron chi connectivity index (χ1n) is 6.94. The molecule has 0 saturated carbocycles. The molecule has 4 nitrogen and oxygen atoms in total. The monoisotopic (exact) mass is 290 g/mol. The van der Waals surface area contributed by atoms with E-state index in [-0.39, 0.29) is 5.91 Å². The van der Waals surface area contributed by atoms with E-state index in [0.717, 1.165) is 16.5 Å². The maximum absolute atomic E-state index is 12.4. The Bertz CT molecular complexity index is 870. The lowest BCUT2D eigenvalue weighted by atomic mass is 10.1. The first-order chi connectivity index (χ1) is 10.7. The molecule has 1 amide bonds. The summed E-state index contributed by atoms with van der Waals surface area (Å²) >= 11 is 0. The highest BCUT2D eigenvalue weighted by Gasteiger charge is 2.17. The second kappa shape index (κ2) is 5.74. The first-order valence-corrected chi connectivity index (χ1v) is 6.94. The third-order valence-electron chi connectivity index (χ3n) is 3.54. The van der Waals surface area contributed by atoms with Crippen molar-refractivity contribution in [3.63, 3.8) is 0 Å². The SMILES string of the molecule is Cc1c(C(=O)Nc2ccc(CC#N)cc2)oc2ccccc12. The highest BCUT2D eigenvalue weighted by atomic mass is 16.3. The summed E-state index contributed by atoms with van der Waals surface area (Å²) in [5.74, 6) is 0.0454. The van der Waals surface area contributed by atoms with Gasteiger partial charge in [-0.25, -0.2) is 0 Å². The third-order valence-corrected chi connectivity index (χ3v) is 3.54. The zero-order valence-corrected chi connectivity index (χ0v) is 12.1. The number of anilines is 1. The highest BCUT2D eigenvalue weighted by molar-refractivity contribution is 6.06. The van der Waals surface area contributed by atoms with E-state index in [1.54, 1.807) is 12.1 Å². The van der Waals surface area contributed by atoms with Crippen LogP contribution in [0.25, 0.3) is 11.0 Å². The van der Waals surface area contributed by atoms with Gasteiger partial charge in [0.2, 0.25) is 0 Å². The Hall–Kier alpha value is -3.06. The topological polar surface area (TPSA) is 66.0 Å². The van der Waals surface area contributed by atoms with Crippen LogP contribution < -0.4 is 5.32 Å². The van der Waals surface area contributed by atoms with Crippen LogP contribution in [0.4, 0.5) is 5.69 Å². The number of nitrogens with one attached hydrogen (secondary N) is 1. The van der Waals surface area contributed by atoms with Crippen LogP contribution >= 0.6 is 0 Å². The van der Waals surface area contributed by atoms with Crippen LogP contribution in [-0.2, 0) is 6.42 Å². The standard InChI is InChI=1S/C18H14N2O2/c1-12-15-4-2-3-5-16(15)22-17(12)18(21)20-14-8-6-13(7-9-14)10-11-19/h2-9H,10H2,1H3,(H,20,21). The van der Waals surface area contributed by atoms with Crippen LogP contribution in [-0.4, -0.2) is 5.91 Å². The van der Waals surface area contributed by atoms with Crippen molar-refractivity contribution in [2.45, 2.75) is 13.3 Å². The second-order valence-corrected chi connectivity index (χ2v) is 5.04. The molecule has 0 saturated heterocycles. The number of fused-ring (bicyclic) bond motifs is 1. The number of furan rings is 1. The van der Waals surface area contributed by atoms with Crippen LogP contribution in [0.2, 0.25) is 0 Å². The Morgan fingerprint density at radius 3 is 2.59 bits per heavy atom. The van der Waals surface area contributed by atoms with Crippen molar-refractivity contribution in [3.8, 4) is 6.07 Å². The quantitative estimate of drug-likeness (QED) is 0.791. The Morgan fingerprint density at radius 2 is 1.91 bits per heavy atom. The molecule has 0 aliphatic rings. The summed E-state index contributed by atoms with van der Waals surface area (Å²) in [6.07, 6.45) is 0.358. The average Bonchev–Trinajstić information content (AvgIpc) is 2.87. The van der Waals surface area contributed by atoms with E-state index < -0.39 is 0 Å². The summed E-state index contributed by atoms with van der Waals surface area (Å²) in [6.45, 7) is 1.87. The molecule has 108 valence electrons.